The van der Waals surface area contributed by atoms with E-state index in [1.54, 1.807) is 0 Å². The molecule has 0 rings (SSSR count). The van der Waals surface area contributed by atoms with Crippen molar-refractivity contribution in [1.82, 2.24) is 0 Å². The van der Waals surface area contributed by atoms with E-state index in [0.717, 1.165) is 0 Å². The summed E-state index contributed by atoms with van der Waals surface area (Å²) in [4.78, 5) is 8.19. The zero-order valence-electron chi connectivity index (χ0n) is 5.02. The fraction of sp³-hybridized carbons (Fsp3) is 1.00. The van der Waals surface area contributed by atoms with E-state index in [4.69, 9.17) is 4.80 Å². The molecule has 6 heavy (non-hydrogen) atoms. The molecule has 0 unspecified atom stereocenters. The molecule has 0 heterocycles. The second-order valence-corrected chi connectivity index (χ2v) is 3.28. The lowest BCUT2D eigenvalue weighted by Gasteiger charge is -1.76. The summed E-state index contributed by atoms with van der Waals surface area (Å²) in [5, 5.41) is 0. The van der Waals surface area contributed by atoms with E-state index in [2.05, 4.69) is 0 Å². The molecule has 0 radical (unpaired) electrons. The van der Waals surface area contributed by atoms with Crippen molar-refractivity contribution in [1.29, 1.82) is 0 Å². The van der Waals surface area contributed by atoms with Crippen LogP contribution < -0.4 is 0 Å². The predicted molar refractivity (Wildman–Crippen MR) is 32.4 cm³/mol. The Morgan fingerprint density at radius 3 is 1.17 bits per heavy atom. The predicted octanol–water partition coefficient (Wildman–Crippen LogP) is 0.988. The first kappa shape index (κ1) is 9.49. The summed E-state index contributed by atoms with van der Waals surface area (Å²) in [6.07, 6.45) is 0. The van der Waals surface area contributed by atoms with Crippen LogP contribution >= 0.6 is 0 Å². The number of rotatable bonds is 0. The van der Waals surface area contributed by atoms with Gasteiger partial charge in [0.15, 0.2) is 9.04 Å². The van der Waals surface area contributed by atoms with Crippen molar-refractivity contribution < 1.29 is 4.80 Å². The molecule has 0 fully saturated rings. The van der Waals surface area contributed by atoms with Crippen molar-refractivity contribution in [2.45, 2.75) is 26.9 Å². The minimum absolute atomic E-state index is 1.14. The monoisotopic (exact) mass is 106 g/mol. The molecule has 0 saturated carbocycles. The van der Waals surface area contributed by atoms with E-state index in [-0.39, 0.29) is 0 Å². The minimum Gasteiger partial charge on any atom is -0.435 e. The summed E-state index contributed by atoms with van der Waals surface area (Å²) in [6, 6.07) is 0. The third-order valence-electron chi connectivity index (χ3n) is 0. The molecule has 1 nitrogen and oxygen atoms in total. The Morgan fingerprint density at radius 1 is 1.17 bits per heavy atom. The van der Waals surface area contributed by atoms with Crippen LogP contribution in [-0.2, 0) is 0 Å². The fourth-order valence-electron chi connectivity index (χ4n) is 0. The van der Waals surface area contributed by atoms with Crippen molar-refractivity contribution in [3.8, 4) is 0 Å². The fourth-order valence-corrected chi connectivity index (χ4v) is 0. The van der Waals surface area contributed by atoms with Gasteiger partial charge in [-0.2, -0.15) is 0 Å². The molecule has 0 bridgehead atoms. The van der Waals surface area contributed by atoms with Gasteiger partial charge in [-0.15, -0.1) is 0 Å². The van der Waals surface area contributed by atoms with Crippen LogP contribution in [0.2, 0.25) is 13.1 Å². The van der Waals surface area contributed by atoms with Gasteiger partial charge in [0.2, 0.25) is 0 Å². The lowest BCUT2D eigenvalue weighted by atomic mass is 11.0. The molecule has 40 valence electrons. The number of hydrogen-bond acceptors (Lipinski definition) is 1. The van der Waals surface area contributed by atoms with Crippen LogP contribution in [0.1, 0.15) is 13.8 Å². The maximum Gasteiger partial charge on any atom is 0.166 e. The van der Waals surface area contributed by atoms with Gasteiger partial charge in [-0.3, -0.25) is 0 Å². The van der Waals surface area contributed by atoms with Crippen LogP contribution in [0.15, 0.2) is 0 Å². The third-order valence-corrected chi connectivity index (χ3v) is 0. The van der Waals surface area contributed by atoms with Crippen LogP contribution in [-0.4, -0.2) is 13.8 Å². The van der Waals surface area contributed by atoms with E-state index >= 15 is 0 Å². The average molecular weight is 106 g/mol. The Bertz CT molecular complexity index is 12.3. The van der Waals surface area contributed by atoms with E-state index in [1.807, 2.05) is 26.9 Å². The SMILES string of the molecule is CC.C[SiH](C)O. The largest absolute Gasteiger partial charge is 0.435 e. The van der Waals surface area contributed by atoms with Gasteiger partial charge in [0.25, 0.3) is 0 Å². The highest BCUT2D eigenvalue weighted by atomic mass is 28.3. The van der Waals surface area contributed by atoms with Gasteiger partial charge in [-0.1, -0.05) is 13.8 Å². The standard InChI is InChI=1S/C2H8OSi.C2H6/c1-4(2)3;1-2/h3-4H,1-2H3;1-2H3. The maximum atomic E-state index is 8.19. The molecule has 0 aromatic heterocycles. The normalized spacial score (nSPS) is 7.00. The second-order valence-electron chi connectivity index (χ2n) is 1.09. The van der Waals surface area contributed by atoms with Crippen LogP contribution in [0.3, 0.4) is 0 Å². The van der Waals surface area contributed by atoms with Gasteiger partial charge in [-0.25, -0.2) is 0 Å². The highest BCUT2D eigenvalue weighted by Gasteiger charge is 1.74. The van der Waals surface area contributed by atoms with Crippen LogP contribution in [0.5, 0.6) is 0 Å². The average Bonchev–Trinajstić information content (AvgIpc) is 1.41. The van der Waals surface area contributed by atoms with Crippen LogP contribution in [0.25, 0.3) is 0 Å². The Balaban J connectivity index is 0. The summed E-state index contributed by atoms with van der Waals surface area (Å²) >= 11 is 0. The van der Waals surface area contributed by atoms with Gasteiger partial charge in [0, 0.05) is 0 Å². The first-order valence-corrected chi connectivity index (χ1v) is 5.24. The summed E-state index contributed by atoms with van der Waals surface area (Å²) in [7, 11) is -1.14. The topological polar surface area (TPSA) is 20.2 Å². The Morgan fingerprint density at radius 2 is 1.17 bits per heavy atom. The maximum absolute atomic E-state index is 8.19. The Kier molecular flexibility index (Phi) is 14.2. The summed E-state index contributed by atoms with van der Waals surface area (Å²) in [5.74, 6) is 0. The van der Waals surface area contributed by atoms with Crippen molar-refractivity contribution in [2.24, 2.45) is 0 Å². The van der Waals surface area contributed by atoms with E-state index in [0.29, 0.717) is 0 Å². The molecule has 0 amide bonds. The molecule has 0 spiro atoms. The van der Waals surface area contributed by atoms with Crippen molar-refractivity contribution in [3.63, 3.8) is 0 Å². The highest BCUT2D eigenvalue weighted by Crippen LogP contribution is 1.60. The molecule has 0 aliphatic heterocycles. The molecular formula is C4H14OSi. The lowest BCUT2D eigenvalue weighted by Crippen LogP contribution is -1.93. The third kappa shape index (κ3) is 1350. The van der Waals surface area contributed by atoms with Gasteiger partial charge < -0.3 is 4.80 Å². The van der Waals surface area contributed by atoms with Crippen molar-refractivity contribution in [3.05, 3.63) is 0 Å². The van der Waals surface area contributed by atoms with Gasteiger partial charge in [0.05, 0.1) is 0 Å². The molecular weight excluding hydrogens is 92.1 g/mol. The zero-order chi connectivity index (χ0) is 5.58. The van der Waals surface area contributed by atoms with Crippen LogP contribution in [0.4, 0.5) is 0 Å². The van der Waals surface area contributed by atoms with Gasteiger partial charge >= 0.3 is 0 Å². The lowest BCUT2D eigenvalue weighted by molar-refractivity contribution is 0.587. The number of hydrogen-bond donors (Lipinski definition) is 1. The summed E-state index contributed by atoms with van der Waals surface area (Å²) < 4.78 is 0. The van der Waals surface area contributed by atoms with Crippen molar-refractivity contribution in [2.75, 3.05) is 0 Å². The Hall–Kier alpha value is 0.177. The highest BCUT2D eigenvalue weighted by molar-refractivity contribution is 6.46. The molecule has 0 aromatic carbocycles. The van der Waals surface area contributed by atoms with Crippen molar-refractivity contribution >= 4 is 9.04 Å². The minimum atomic E-state index is -1.14. The van der Waals surface area contributed by atoms with Gasteiger partial charge in [-0.05, 0) is 13.1 Å². The first-order valence-electron chi connectivity index (χ1n) is 2.41. The second kappa shape index (κ2) is 8.95. The molecule has 0 atom stereocenters. The summed E-state index contributed by atoms with van der Waals surface area (Å²) in [5.41, 5.74) is 0. The molecule has 0 aliphatic carbocycles. The molecule has 0 aliphatic rings. The first-order chi connectivity index (χ1) is 2.73. The van der Waals surface area contributed by atoms with Crippen LogP contribution in [0, 0.1) is 0 Å². The quantitative estimate of drug-likeness (QED) is 0.457. The summed E-state index contributed by atoms with van der Waals surface area (Å²) in [6.45, 7) is 7.72. The van der Waals surface area contributed by atoms with Gasteiger partial charge in [0.1, 0.15) is 0 Å². The molecule has 1 N–H and O–H groups in total. The zero-order valence-corrected chi connectivity index (χ0v) is 6.18. The van der Waals surface area contributed by atoms with E-state index in [1.165, 1.54) is 0 Å². The Labute approximate surface area is 41.7 Å². The molecule has 0 saturated heterocycles. The van der Waals surface area contributed by atoms with E-state index in [9.17, 15) is 0 Å². The molecule has 0 aromatic rings. The van der Waals surface area contributed by atoms with E-state index < -0.39 is 9.04 Å². The molecule has 2 heteroatoms. The smallest absolute Gasteiger partial charge is 0.166 e.